The minimum Gasteiger partial charge on any atom is -0.353 e. The van der Waals surface area contributed by atoms with E-state index >= 15 is 0 Å². The Morgan fingerprint density at radius 2 is 1.81 bits per heavy atom. The molecule has 0 aromatic heterocycles. The average Bonchev–Trinajstić information content (AvgIpc) is 3.03. The van der Waals surface area contributed by atoms with Gasteiger partial charge in [-0.2, -0.15) is 0 Å². The zero-order chi connectivity index (χ0) is 18.7. The van der Waals surface area contributed by atoms with E-state index in [1.54, 1.807) is 0 Å². The molecule has 5 heteroatoms. The zero-order valence-electron chi connectivity index (χ0n) is 16.2. The molecule has 0 atom stereocenters. The minimum atomic E-state index is -0.354. The topological polar surface area (TPSA) is 61.4 Å². The molecule has 5 nitrogen and oxygen atoms in total. The number of anilines is 1. The van der Waals surface area contributed by atoms with Crippen LogP contribution >= 0.6 is 0 Å². The molecule has 142 valence electrons. The van der Waals surface area contributed by atoms with E-state index in [4.69, 9.17) is 0 Å². The highest BCUT2D eigenvalue weighted by atomic mass is 16.2. The number of carbonyl (C=O) groups excluding carboxylic acids is 2. The standard InChI is InChI=1S/C21H31N3O2/c1-21(2,3)20(26)23-17-9-11-24(12-10-17)14-19(25)22-18-8-7-15-5-4-6-16(15)13-18/h7-8,13,17H,4-6,9-12,14H2,1-3H3,(H,22,25)(H,23,26). The van der Waals surface area contributed by atoms with Crippen LogP contribution in [0, 0.1) is 5.41 Å². The van der Waals surface area contributed by atoms with Crippen molar-refractivity contribution in [3.05, 3.63) is 29.3 Å². The first kappa shape index (κ1) is 18.9. The molecule has 1 aromatic rings. The molecule has 1 aliphatic heterocycles. The number of piperidine rings is 1. The van der Waals surface area contributed by atoms with E-state index in [0.717, 1.165) is 44.5 Å². The van der Waals surface area contributed by atoms with Crippen LogP contribution in [0.1, 0.15) is 51.2 Å². The molecular weight excluding hydrogens is 326 g/mol. The SMILES string of the molecule is CC(C)(C)C(=O)NC1CCN(CC(=O)Nc2ccc3c(c2)CCC3)CC1. The van der Waals surface area contributed by atoms with Crippen LogP contribution in [0.15, 0.2) is 18.2 Å². The Labute approximate surface area is 156 Å². The summed E-state index contributed by atoms with van der Waals surface area (Å²) in [5, 5.41) is 6.16. The first-order valence-electron chi connectivity index (χ1n) is 9.76. The van der Waals surface area contributed by atoms with Crippen LogP contribution in [0.25, 0.3) is 0 Å². The van der Waals surface area contributed by atoms with Gasteiger partial charge in [-0.05, 0) is 55.4 Å². The Morgan fingerprint density at radius 3 is 2.50 bits per heavy atom. The van der Waals surface area contributed by atoms with Gasteiger partial charge in [-0.15, -0.1) is 0 Å². The quantitative estimate of drug-likeness (QED) is 0.871. The van der Waals surface area contributed by atoms with Crippen LogP contribution in [0.4, 0.5) is 5.69 Å². The van der Waals surface area contributed by atoms with Gasteiger partial charge in [-0.25, -0.2) is 0 Å². The van der Waals surface area contributed by atoms with Gasteiger partial charge in [-0.1, -0.05) is 26.8 Å². The predicted octanol–water partition coefficient (Wildman–Crippen LogP) is 2.74. The number of rotatable bonds is 4. The molecule has 0 spiro atoms. The third kappa shape index (κ3) is 4.85. The highest BCUT2D eigenvalue weighted by molar-refractivity contribution is 5.92. The molecule has 1 fully saturated rings. The third-order valence-corrected chi connectivity index (χ3v) is 5.35. The first-order valence-corrected chi connectivity index (χ1v) is 9.76. The van der Waals surface area contributed by atoms with Crippen LogP contribution < -0.4 is 10.6 Å². The van der Waals surface area contributed by atoms with Gasteiger partial charge in [0.05, 0.1) is 6.54 Å². The summed E-state index contributed by atoms with van der Waals surface area (Å²) < 4.78 is 0. The van der Waals surface area contributed by atoms with E-state index < -0.39 is 0 Å². The second-order valence-electron chi connectivity index (χ2n) is 8.66. The smallest absolute Gasteiger partial charge is 0.238 e. The maximum Gasteiger partial charge on any atom is 0.238 e. The predicted molar refractivity (Wildman–Crippen MR) is 104 cm³/mol. The van der Waals surface area contributed by atoms with Crippen LogP contribution in [-0.4, -0.2) is 42.4 Å². The van der Waals surface area contributed by atoms with Crippen LogP contribution in [0.3, 0.4) is 0 Å². The van der Waals surface area contributed by atoms with Gasteiger partial charge in [0, 0.05) is 30.2 Å². The van der Waals surface area contributed by atoms with E-state index in [9.17, 15) is 9.59 Å². The Balaban J connectivity index is 1.43. The molecule has 0 bridgehead atoms. The largest absolute Gasteiger partial charge is 0.353 e. The minimum absolute atomic E-state index is 0.0418. The van der Waals surface area contributed by atoms with Gasteiger partial charge >= 0.3 is 0 Å². The molecule has 2 N–H and O–H groups in total. The fourth-order valence-corrected chi connectivity index (χ4v) is 3.69. The fraction of sp³-hybridized carbons (Fsp3) is 0.619. The van der Waals surface area contributed by atoms with E-state index in [1.807, 2.05) is 26.8 Å². The third-order valence-electron chi connectivity index (χ3n) is 5.35. The van der Waals surface area contributed by atoms with Gasteiger partial charge < -0.3 is 10.6 Å². The highest BCUT2D eigenvalue weighted by Crippen LogP contribution is 2.25. The molecule has 1 heterocycles. The number of nitrogens with zero attached hydrogens (tertiary/aromatic N) is 1. The van der Waals surface area contributed by atoms with Crippen molar-refractivity contribution in [2.75, 3.05) is 25.0 Å². The molecule has 1 aromatic carbocycles. The highest BCUT2D eigenvalue weighted by Gasteiger charge is 2.27. The van der Waals surface area contributed by atoms with Crippen molar-refractivity contribution < 1.29 is 9.59 Å². The lowest BCUT2D eigenvalue weighted by Gasteiger charge is -2.33. The summed E-state index contributed by atoms with van der Waals surface area (Å²) in [5.41, 5.74) is 3.34. The summed E-state index contributed by atoms with van der Waals surface area (Å²) in [4.78, 5) is 26.6. The maximum absolute atomic E-state index is 12.3. The van der Waals surface area contributed by atoms with Gasteiger partial charge in [-0.3, -0.25) is 14.5 Å². The molecule has 3 rings (SSSR count). The molecule has 0 radical (unpaired) electrons. The monoisotopic (exact) mass is 357 g/mol. The van der Waals surface area contributed by atoms with Crippen molar-refractivity contribution in [2.24, 2.45) is 5.41 Å². The molecule has 1 aliphatic carbocycles. The number of nitrogens with one attached hydrogen (secondary N) is 2. The molecule has 0 unspecified atom stereocenters. The fourth-order valence-electron chi connectivity index (χ4n) is 3.69. The Kier molecular flexibility index (Phi) is 5.66. The Bertz CT molecular complexity index is 670. The van der Waals surface area contributed by atoms with Crippen molar-refractivity contribution in [2.45, 2.75) is 58.9 Å². The number of benzene rings is 1. The number of likely N-dealkylation sites (tertiary alicyclic amines) is 1. The van der Waals surface area contributed by atoms with Gasteiger partial charge in [0.25, 0.3) is 0 Å². The maximum atomic E-state index is 12.3. The Hall–Kier alpha value is -1.88. The lowest BCUT2D eigenvalue weighted by atomic mass is 9.94. The van der Waals surface area contributed by atoms with Crippen LogP contribution in [0.2, 0.25) is 0 Å². The summed E-state index contributed by atoms with van der Waals surface area (Å²) in [7, 11) is 0. The number of carbonyl (C=O) groups is 2. The average molecular weight is 357 g/mol. The first-order chi connectivity index (χ1) is 12.3. The molecule has 2 aliphatic rings. The molecular formula is C21H31N3O2. The number of amides is 2. The van der Waals surface area contributed by atoms with Crippen molar-refractivity contribution in [3.8, 4) is 0 Å². The molecule has 1 saturated heterocycles. The van der Waals surface area contributed by atoms with E-state index in [0.29, 0.717) is 6.54 Å². The van der Waals surface area contributed by atoms with E-state index in [1.165, 1.54) is 17.5 Å². The van der Waals surface area contributed by atoms with Crippen molar-refractivity contribution in [3.63, 3.8) is 0 Å². The summed E-state index contributed by atoms with van der Waals surface area (Å²) in [5.74, 6) is 0.144. The number of hydrogen-bond donors (Lipinski definition) is 2. The van der Waals surface area contributed by atoms with Gasteiger partial charge in [0.1, 0.15) is 0 Å². The van der Waals surface area contributed by atoms with Crippen molar-refractivity contribution in [1.82, 2.24) is 10.2 Å². The molecule has 0 saturated carbocycles. The summed E-state index contributed by atoms with van der Waals surface area (Å²) in [6.07, 6.45) is 5.28. The van der Waals surface area contributed by atoms with Crippen LogP contribution in [-0.2, 0) is 22.4 Å². The summed E-state index contributed by atoms with van der Waals surface area (Å²) >= 11 is 0. The van der Waals surface area contributed by atoms with E-state index in [2.05, 4.69) is 27.7 Å². The number of aryl methyl sites for hydroxylation is 2. The van der Waals surface area contributed by atoms with Crippen molar-refractivity contribution in [1.29, 1.82) is 0 Å². The lowest BCUT2D eigenvalue weighted by Crippen LogP contribution is -2.48. The second-order valence-corrected chi connectivity index (χ2v) is 8.66. The summed E-state index contributed by atoms with van der Waals surface area (Å²) in [6.45, 7) is 7.89. The number of fused-ring (bicyclic) bond motifs is 1. The number of hydrogen-bond acceptors (Lipinski definition) is 3. The van der Waals surface area contributed by atoms with E-state index in [-0.39, 0.29) is 23.3 Å². The summed E-state index contributed by atoms with van der Waals surface area (Å²) in [6, 6.07) is 6.49. The van der Waals surface area contributed by atoms with Gasteiger partial charge in [0.15, 0.2) is 0 Å². The van der Waals surface area contributed by atoms with Crippen molar-refractivity contribution >= 4 is 17.5 Å². The van der Waals surface area contributed by atoms with Gasteiger partial charge in [0.2, 0.25) is 11.8 Å². The molecule has 26 heavy (non-hydrogen) atoms. The molecule has 2 amide bonds. The zero-order valence-corrected chi connectivity index (χ0v) is 16.2. The van der Waals surface area contributed by atoms with Crippen LogP contribution in [0.5, 0.6) is 0 Å². The normalized spacial score (nSPS) is 18.4. The lowest BCUT2D eigenvalue weighted by molar-refractivity contribution is -0.129. The second kappa shape index (κ2) is 7.78. The Morgan fingerprint density at radius 1 is 1.12 bits per heavy atom.